The quantitative estimate of drug-likeness (QED) is 0.594. The molecule has 74 valence electrons. The second-order valence-electron chi connectivity index (χ2n) is 3.23. The highest BCUT2D eigenvalue weighted by Crippen LogP contribution is 2.24. The normalized spacial score (nSPS) is 22.2. The van der Waals surface area contributed by atoms with Crippen LogP contribution in [0.2, 0.25) is 0 Å². The number of cyclic esters (lactones) is 2. The van der Waals surface area contributed by atoms with Crippen LogP contribution >= 0.6 is 0 Å². The van der Waals surface area contributed by atoms with E-state index in [0.29, 0.717) is 0 Å². The highest BCUT2D eigenvalue weighted by Gasteiger charge is 2.42. The fourth-order valence-electron chi connectivity index (χ4n) is 0.889. The van der Waals surface area contributed by atoms with Gasteiger partial charge in [-0.25, -0.2) is 0 Å². The number of rotatable bonds is 1. The van der Waals surface area contributed by atoms with Gasteiger partial charge in [0.05, 0.1) is 18.8 Å². The topological polar surface area (TPSA) is 72.8 Å². The molecule has 0 saturated carbocycles. The zero-order valence-corrected chi connectivity index (χ0v) is 7.57. The third-order valence-electron chi connectivity index (χ3n) is 1.78. The first kappa shape index (κ1) is 9.98. The van der Waals surface area contributed by atoms with Gasteiger partial charge in [-0.15, -0.1) is 0 Å². The van der Waals surface area contributed by atoms with Crippen molar-refractivity contribution < 1.29 is 24.2 Å². The van der Waals surface area contributed by atoms with Gasteiger partial charge in [0, 0.05) is 0 Å². The van der Waals surface area contributed by atoms with Crippen molar-refractivity contribution >= 4 is 11.9 Å². The van der Waals surface area contributed by atoms with Crippen molar-refractivity contribution in [3.05, 3.63) is 0 Å². The van der Waals surface area contributed by atoms with Crippen LogP contribution in [0.4, 0.5) is 0 Å². The summed E-state index contributed by atoms with van der Waals surface area (Å²) in [4.78, 5) is 21.9. The zero-order chi connectivity index (χ0) is 10.1. The molecule has 0 spiro atoms. The predicted octanol–water partition coefficient (Wildman–Crippen LogP) is 0.169. The standard InChI is InChI=1S/C8H12O5/c1-5(2)8(11)12-6(9)3-4-7(10)13-8/h5,11H,3-4H2,1-2H3. The van der Waals surface area contributed by atoms with Crippen molar-refractivity contribution in [3.63, 3.8) is 0 Å². The van der Waals surface area contributed by atoms with Gasteiger partial charge in [-0.2, -0.15) is 0 Å². The predicted molar refractivity (Wildman–Crippen MR) is 41.2 cm³/mol. The summed E-state index contributed by atoms with van der Waals surface area (Å²) in [6.07, 6.45) is -0.0955. The minimum Gasteiger partial charge on any atom is -0.398 e. The Labute approximate surface area is 75.6 Å². The molecule has 0 unspecified atom stereocenters. The van der Waals surface area contributed by atoms with Gasteiger partial charge in [0.25, 0.3) is 0 Å². The van der Waals surface area contributed by atoms with E-state index in [1.54, 1.807) is 13.8 Å². The Morgan fingerprint density at radius 2 is 1.62 bits per heavy atom. The maximum atomic E-state index is 10.9. The third kappa shape index (κ3) is 2.18. The number of hydrogen-bond donors (Lipinski definition) is 1. The molecule has 0 atom stereocenters. The van der Waals surface area contributed by atoms with Crippen molar-refractivity contribution in [2.24, 2.45) is 5.92 Å². The molecule has 5 heteroatoms. The fourth-order valence-corrected chi connectivity index (χ4v) is 0.889. The Bertz CT molecular complexity index is 215. The van der Waals surface area contributed by atoms with E-state index in [1.165, 1.54) is 0 Å². The molecular weight excluding hydrogens is 176 g/mol. The average Bonchev–Trinajstić information content (AvgIpc) is 2.11. The monoisotopic (exact) mass is 188 g/mol. The third-order valence-corrected chi connectivity index (χ3v) is 1.78. The SMILES string of the molecule is CC(C)C1(O)OC(=O)CCC(=O)O1. The zero-order valence-electron chi connectivity index (χ0n) is 7.57. The average molecular weight is 188 g/mol. The lowest BCUT2D eigenvalue weighted by Crippen LogP contribution is -2.42. The van der Waals surface area contributed by atoms with Crippen LogP contribution in [-0.4, -0.2) is 23.0 Å². The Morgan fingerprint density at radius 3 is 1.92 bits per heavy atom. The minimum absolute atomic E-state index is 0.0478. The molecule has 1 saturated heterocycles. The van der Waals surface area contributed by atoms with Crippen LogP contribution < -0.4 is 0 Å². The molecule has 0 radical (unpaired) electrons. The van der Waals surface area contributed by atoms with Crippen LogP contribution in [-0.2, 0) is 19.1 Å². The number of hydrogen-bond acceptors (Lipinski definition) is 5. The van der Waals surface area contributed by atoms with E-state index in [9.17, 15) is 14.7 Å². The Morgan fingerprint density at radius 1 is 1.23 bits per heavy atom. The largest absolute Gasteiger partial charge is 0.398 e. The molecule has 0 amide bonds. The lowest BCUT2D eigenvalue weighted by molar-refractivity contribution is -0.341. The molecule has 13 heavy (non-hydrogen) atoms. The van der Waals surface area contributed by atoms with Crippen molar-refractivity contribution in [2.45, 2.75) is 32.7 Å². The number of carbonyl (C=O) groups excluding carboxylic acids is 2. The van der Waals surface area contributed by atoms with Gasteiger partial charge in [-0.05, 0) is 0 Å². The lowest BCUT2D eigenvalue weighted by Gasteiger charge is -2.27. The highest BCUT2D eigenvalue weighted by molar-refractivity contribution is 5.79. The summed E-state index contributed by atoms with van der Waals surface area (Å²) >= 11 is 0. The van der Waals surface area contributed by atoms with Crippen LogP contribution in [0.15, 0.2) is 0 Å². The molecule has 1 heterocycles. The molecule has 0 aromatic carbocycles. The second-order valence-corrected chi connectivity index (χ2v) is 3.23. The van der Waals surface area contributed by atoms with Gasteiger partial charge < -0.3 is 14.6 Å². The Hall–Kier alpha value is -1.10. The van der Waals surface area contributed by atoms with E-state index in [0.717, 1.165) is 0 Å². The van der Waals surface area contributed by atoms with Gasteiger partial charge >= 0.3 is 17.9 Å². The Kier molecular flexibility index (Phi) is 2.56. The van der Waals surface area contributed by atoms with Crippen LogP contribution in [0.3, 0.4) is 0 Å². The van der Waals surface area contributed by atoms with Crippen molar-refractivity contribution in [2.75, 3.05) is 0 Å². The van der Waals surface area contributed by atoms with E-state index in [2.05, 4.69) is 9.47 Å². The van der Waals surface area contributed by atoms with Gasteiger partial charge in [0.1, 0.15) is 0 Å². The van der Waals surface area contributed by atoms with Crippen molar-refractivity contribution in [1.82, 2.24) is 0 Å². The minimum atomic E-state index is -2.09. The van der Waals surface area contributed by atoms with Crippen molar-refractivity contribution in [3.8, 4) is 0 Å². The van der Waals surface area contributed by atoms with E-state index in [1.807, 2.05) is 0 Å². The molecule has 0 aromatic rings. The summed E-state index contributed by atoms with van der Waals surface area (Å²) in [5.74, 6) is -3.83. The Balaban J connectivity index is 2.83. The number of ether oxygens (including phenoxy) is 2. The molecule has 1 N–H and O–H groups in total. The molecule has 1 fully saturated rings. The lowest BCUT2D eigenvalue weighted by atomic mass is 10.2. The molecule has 0 bridgehead atoms. The first-order chi connectivity index (χ1) is 5.94. The van der Waals surface area contributed by atoms with Crippen LogP contribution in [0.5, 0.6) is 0 Å². The van der Waals surface area contributed by atoms with Crippen molar-refractivity contribution in [1.29, 1.82) is 0 Å². The smallest absolute Gasteiger partial charge is 0.375 e. The van der Waals surface area contributed by atoms with E-state index in [-0.39, 0.29) is 12.8 Å². The van der Waals surface area contributed by atoms with Crippen LogP contribution in [0.1, 0.15) is 26.7 Å². The molecular formula is C8H12O5. The summed E-state index contributed by atoms with van der Waals surface area (Å²) in [5, 5.41) is 9.58. The van der Waals surface area contributed by atoms with Gasteiger partial charge in [0.15, 0.2) is 0 Å². The molecule has 5 nitrogen and oxygen atoms in total. The molecule has 1 aliphatic rings. The van der Waals surface area contributed by atoms with E-state index >= 15 is 0 Å². The van der Waals surface area contributed by atoms with Gasteiger partial charge in [-0.3, -0.25) is 9.59 Å². The summed E-state index contributed by atoms with van der Waals surface area (Å²) in [7, 11) is 0. The maximum absolute atomic E-state index is 10.9. The maximum Gasteiger partial charge on any atom is 0.375 e. The summed E-state index contributed by atoms with van der Waals surface area (Å²) in [6, 6.07) is 0. The summed E-state index contributed by atoms with van der Waals surface area (Å²) in [5.41, 5.74) is 0. The number of esters is 2. The van der Waals surface area contributed by atoms with Crippen LogP contribution in [0, 0.1) is 5.92 Å². The van der Waals surface area contributed by atoms with E-state index < -0.39 is 23.8 Å². The molecule has 0 aliphatic carbocycles. The number of aliphatic hydroxyl groups is 1. The van der Waals surface area contributed by atoms with Crippen LogP contribution in [0.25, 0.3) is 0 Å². The number of carbonyl (C=O) groups is 2. The summed E-state index contributed by atoms with van der Waals surface area (Å²) < 4.78 is 9.21. The van der Waals surface area contributed by atoms with E-state index in [4.69, 9.17) is 0 Å². The van der Waals surface area contributed by atoms with Gasteiger partial charge in [0.2, 0.25) is 0 Å². The summed E-state index contributed by atoms with van der Waals surface area (Å²) in [6.45, 7) is 3.18. The van der Waals surface area contributed by atoms with Gasteiger partial charge in [-0.1, -0.05) is 13.8 Å². The molecule has 0 aromatic heterocycles. The molecule has 1 rings (SSSR count). The second kappa shape index (κ2) is 3.33. The first-order valence-corrected chi connectivity index (χ1v) is 4.10. The first-order valence-electron chi connectivity index (χ1n) is 4.10. The molecule has 1 aliphatic heterocycles. The fraction of sp³-hybridized carbons (Fsp3) is 0.750. The highest BCUT2D eigenvalue weighted by atomic mass is 16.8.